The van der Waals surface area contributed by atoms with E-state index in [2.05, 4.69) is 5.32 Å². The third-order valence-corrected chi connectivity index (χ3v) is 2.58. The first kappa shape index (κ1) is 12.3. The van der Waals surface area contributed by atoms with Crippen molar-refractivity contribution in [3.05, 3.63) is 66.0 Å². The molecule has 0 unspecified atom stereocenters. The predicted octanol–water partition coefficient (Wildman–Crippen LogP) is 3.05. The van der Waals surface area contributed by atoms with Crippen LogP contribution in [0.1, 0.15) is 5.56 Å². The fourth-order valence-corrected chi connectivity index (χ4v) is 1.65. The molecule has 2 aromatic rings. The van der Waals surface area contributed by atoms with Crippen LogP contribution in [-0.4, -0.2) is 12.3 Å². The predicted molar refractivity (Wildman–Crippen MR) is 70.0 cm³/mol. The molecular formula is C15H14FNO. The van der Waals surface area contributed by atoms with Crippen molar-refractivity contribution < 1.29 is 9.18 Å². The molecule has 0 radical (unpaired) electrons. The molecule has 92 valence electrons. The summed E-state index contributed by atoms with van der Waals surface area (Å²) in [6.07, 6.45) is 0.320. The van der Waals surface area contributed by atoms with Crippen molar-refractivity contribution in [1.82, 2.24) is 0 Å². The van der Waals surface area contributed by atoms with Crippen LogP contribution in [-0.2, 0) is 11.2 Å². The fraction of sp³-hybridized carbons (Fsp3) is 0.133. The van der Waals surface area contributed by atoms with Gasteiger partial charge in [-0.1, -0.05) is 30.3 Å². The molecule has 1 N–H and O–H groups in total. The second kappa shape index (κ2) is 5.96. The molecule has 0 fully saturated rings. The van der Waals surface area contributed by atoms with Gasteiger partial charge in [-0.2, -0.15) is 0 Å². The monoisotopic (exact) mass is 243 g/mol. The molecule has 0 spiro atoms. The van der Waals surface area contributed by atoms with Crippen LogP contribution in [0, 0.1) is 5.82 Å². The molecule has 0 bridgehead atoms. The molecule has 2 rings (SSSR count). The first-order valence-corrected chi connectivity index (χ1v) is 5.79. The molecule has 0 saturated carbocycles. The van der Waals surface area contributed by atoms with E-state index < -0.39 is 0 Å². The van der Waals surface area contributed by atoms with Gasteiger partial charge in [0.05, 0.1) is 6.54 Å². The number of halogens is 1. The van der Waals surface area contributed by atoms with Gasteiger partial charge in [0, 0.05) is 12.1 Å². The Bertz CT molecular complexity index is 508. The van der Waals surface area contributed by atoms with Crippen molar-refractivity contribution in [2.45, 2.75) is 6.42 Å². The molecule has 0 atom stereocenters. The quantitative estimate of drug-likeness (QED) is 0.874. The molecule has 2 nitrogen and oxygen atoms in total. The molecule has 2 aromatic carbocycles. The summed E-state index contributed by atoms with van der Waals surface area (Å²) in [5, 5.41) is 3.05. The van der Waals surface area contributed by atoms with Gasteiger partial charge in [0.2, 0.25) is 0 Å². The van der Waals surface area contributed by atoms with Crippen molar-refractivity contribution in [2.24, 2.45) is 0 Å². The Hall–Kier alpha value is -2.16. The van der Waals surface area contributed by atoms with E-state index in [-0.39, 0.29) is 18.1 Å². The Morgan fingerprint density at radius 3 is 2.33 bits per heavy atom. The Balaban J connectivity index is 1.84. The summed E-state index contributed by atoms with van der Waals surface area (Å²) in [5.74, 6) is -0.209. The van der Waals surface area contributed by atoms with Crippen LogP contribution in [0.3, 0.4) is 0 Å². The minimum Gasteiger partial charge on any atom is -0.378 e. The second-order valence-corrected chi connectivity index (χ2v) is 4.06. The summed E-state index contributed by atoms with van der Waals surface area (Å²) < 4.78 is 12.7. The van der Waals surface area contributed by atoms with E-state index in [4.69, 9.17) is 0 Å². The standard InChI is InChI=1S/C15H14FNO/c16-13-8-6-12(7-9-13)10-15(18)11-17-14-4-2-1-3-5-14/h1-9,17H,10-11H2. The molecule has 0 saturated heterocycles. The molecule has 0 aliphatic carbocycles. The molecule has 18 heavy (non-hydrogen) atoms. The van der Waals surface area contributed by atoms with E-state index in [1.54, 1.807) is 12.1 Å². The normalized spacial score (nSPS) is 10.1. The summed E-state index contributed by atoms with van der Waals surface area (Å²) in [4.78, 5) is 11.7. The molecule has 0 aromatic heterocycles. The van der Waals surface area contributed by atoms with Crippen LogP contribution in [0.5, 0.6) is 0 Å². The van der Waals surface area contributed by atoms with E-state index in [0.717, 1.165) is 11.3 Å². The summed E-state index contributed by atoms with van der Waals surface area (Å²) in [6.45, 7) is 0.279. The molecule has 0 aliphatic rings. The number of benzene rings is 2. The second-order valence-electron chi connectivity index (χ2n) is 4.06. The molecule has 3 heteroatoms. The fourth-order valence-electron chi connectivity index (χ4n) is 1.65. The number of ketones is 1. The van der Waals surface area contributed by atoms with Gasteiger partial charge in [0.25, 0.3) is 0 Å². The van der Waals surface area contributed by atoms with Gasteiger partial charge >= 0.3 is 0 Å². The summed E-state index contributed by atoms with van der Waals surface area (Å²) in [5.41, 5.74) is 1.75. The van der Waals surface area contributed by atoms with Crippen molar-refractivity contribution >= 4 is 11.5 Å². The number of Topliss-reactive ketones (excluding diaryl/α,β-unsaturated/α-hetero) is 1. The molecule has 0 amide bonds. The lowest BCUT2D eigenvalue weighted by molar-refractivity contribution is -0.116. The highest BCUT2D eigenvalue weighted by Gasteiger charge is 2.03. The minimum atomic E-state index is -0.284. The van der Waals surface area contributed by atoms with Gasteiger partial charge in [-0.25, -0.2) is 4.39 Å². The SMILES string of the molecule is O=C(CNc1ccccc1)Cc1ccc(F)cc1. The zero-order chi connectivity index (χ0) is 12.8. The van der Waals surface area contributed by atoms with E-state index in [1.807, 2.05) is 30.3 Å². The highest BCUT2D eigenvalue weighted by atomic mass is 19.1. The van der Waals surface area contributed by atoms with Gasteiger partial charge in [-0.15, -0.1) is 0 Å². The molecule has 0 heterocycles. The van der Waals surface area contributed by atoms with Crippen LogP contribution in [0.2, 0.25) is 0 Å². The number of rotatable bonds is 5. The van der Waals surface area contributed by atoms with Crippen molar-refractivity contribution in [2.75, 3.05) is 11.9 Å². The average molecular weight is 243 g/mol. The topological polar surface area (TPSA) is 29.1 Å². The maximum atomic E-state index is 12.7. The molecular weight excluding hydrogens is 229 g/mol. The van der Waals surface area contributed by atoms with E-state index in [0.29, 0.717) is 6.42 Å². The lowest BCUT2D eigenvalue weighted by atomic mass is 10.1. The lowest BCUT2D eigenvalue weighted by Gasteiger charge is -2.05. The molecule has 0 aliphatic heterocycles. The lowest BCUT2D eigenvalue weighted by Crippen LogP contribution is -2.15. The van der Waals surface area contributed by atoms with Crippen molar-refractivity contribution in [3.8, 4) is 0 Å². The van der Waals surface area contributed by atoms with Gasteiger partial charge in [-0.05, 0) is 29.8 Å². The Labute approximate surface area is 105 Å². The van der Waals surface area contributed by atoms with Gasteiger partial charge < -0.3 is 5.32 Å². The summed E-state index contributed by atoms with van der Waals surface area (Å²) in [7, 11) is 0. The maximum absolute atomic E-state index is 12.7. The Morgan fingerprint density at radius 1 is 1.00 bits per heavy atom. The number of para-hydroxylation sites is 1. The highest BCUT2D eigenvalue weighted by molar-refractivity contribution is 5.84. The van der Waals surface area contributed by atoms with Crippen LogP contribution in [0.15, 0.2) is 54.6 Å². The highest BCUT2D eigenvalue weighted by Crippen LogP contribution is 2.06. The largest absolute Gasteiger partial charge is 0.378 e. The number of hydrogen-bond acceptors (Lipinski definition) is 2. The summed E-state index contributed by atoms with van der Waals surface area (Å²) >= 11 is 0. The van der Waals surface area contributed by atoms with Crippen LogP contribution >= 0.6 is 0 Å². The van der Waals surface area contributed by atoms with Crippen LogP contribution < -0.4 is 5.32 Å². The first-order valence-electron chi connectivity index (χ1n) is 5.79. The van der Waals surface area contributed by atoms with E-state index >= 15 is 0 Å². The zero-order valence-corrected chi connectivity index (χ0v) is 9.90. The van der Waals surface area contributed by atoms with Gasteiger partial charge in [-0.3, -0.25) is 4.79 Å². The van der Waals surface area contributed by atoms with E-state index in [9.17, 15) is 9.18 Å². The van der Waals surface area contributed by atoms with Gasteiger partial charge in [0.1, 0.15) is 5.82 Å². The smallest absolute Gasteiger partial charge is 0.156 e. The van der Waals surface area contributed by atoms with Gasteiger partial charge in [0.15, 0.2) is 5.78 Å². The van der Waals surface area contributed by atoms with Crippen LogP contribution in [0.4, 0.5) is 10.1 Å². The van der Waals surface area contributed by atoms with Crippen molar-refractivity contribution in [1.29, 1.82) is 0 Å². The zero-order valence-electron chi connectivity index (χ0n) is 9.90. The first-order chi connectivity index (χ1) is 8.74. The minimum absolute atomic E-state index is 0.0745. The number of anilines is 1. The van der Waals surface area contributed by atoms with Crippen LogP contribution in [0.25, 0.3) is 0 Å². The number of carbonyl (C=O) groups excluding carboxylic acids is 1. The third-order valence-electron chi connectivity index (χ3n) is 2.58. The number of nitrogens with one attached hydrogen (secondary N) is 1. The Morgan fingerprint density at radius 2 is 1.67 bits per heavy atom. The van der Waals surface area contributed by atoms with E-state index in [1.165, 1.54) is 12.1 Å². The average Bonchev–Trinajstić information content (AvgIpc) is 2.40. The third kappa shape index (κ3) is 3.70. The summed E-state index contributed by atoms with van der Waals surface area (Å²) in [6, 6.07) is 15.6. The number of carbonyl (C=O) groups is 1. The Kier molecular flexibility index (Phi) is 4.07. The maximum Gasteiger partial charge on any atom is 0.156 e. The number of hydrogen-bond donors (Lipinski definition) is 1. The van der Waals surface area contributed by atoms with Crippen molar-refractivity contribution in [3.63, 3.8) is 0 Å².